The molecule has 90 valence electrons. The Kier molecular flexibility index (Phi) is 2.85. The van der Waals surface area contributed by atoms with Crippen molar-refractivity contribution in [3.8, 4) is 0 Å². The molecule has 0 fully saturated rings. The van der Waals surface area contributed by atoms with E-state index in [4.69, 9.17) is 4.84 Å². The molecule has 0 aliphatic carbocycles. The van der Waals surface area contributed by atoms with Gasteiger partial charge in [-0.2, -0.15) is 5.10 Å². The molecule has 1 aromatic carbocycles. The summed E-state index contributed by atoms with van der Waals surface area (Å²) < 4.78 is 0. The molecular weight excluding hydrogens is 218 g/mol. The average molecular weight is 233 g/mol. The first-order chi connectivity index (χ1) is 7.96. The molecule has 5 heteroatoms. The van der Waals surface area contributed by atoms with Gasteiger partial charge in [0.2, 0.25) is 0 Å². The fraction of sp³-hybridized carbons (Fsp3) is 0.333. The molecule has 0 radical (unpaired) electrons. The number of rotatable bonds is 2. The molecule has 0 aliphatic heterocycles. The summed E-state index contributed by atoms with van der Waals surface area (Å²) in [6.45, 7) is 5.60. The van der Waals surface area contributed by atoms with Crippen molar-refractivity contribution in [2.75, 3.05) is 0 Å². The molecule has 0 unspecified atom stereocenters. The Morgan fingerprint density at radius 1 is 1.41 bits per heavy atom. The number of hydrogen-bond donors (Lipinski definition) is 2. The smallest absolute Gasteiger partial charge is 0.274 e. The van der Waals surface area contributed by atoms with Crippen LogP contribution in [-0.4, -0.2) is 21.7 Å². The van der Waals surface area contributed by atoms with Gasteiger partial charge in [0.05, 0.1) is 17.3 Å². The second kappa shape index (κ2) is 4.18. The van der Waals surface area contributed by atoms with Crippen LogP contribution in [0.4, 0.5) is 0 Å². The van der Waals surface area contributed by atoms with E-state index in [1.807, 2.05) is 26.8 Å². The van der Waals surface area contributed by atoms with Gasteiger partial charge in [-0.1, -0.05) is 0 Å². The van der Waals surface area contributed by atoms with Crippen LogP contribution in [0.3, 0.4) is 0 Å². The molecule has 0 spiro atoms. The summed E-state index contributed by atoms with van der Waals surface area (Å²) in [6, 6.07) is 5.30. The number of benzene rings is 1. The number of nitrogens with zero attached hydrogens (tertiary/aromatic N) is 1. The molecule has 0 saturated heterocycles. The first kappa shape index (κ1) is 11.6. The highest BCUT2D eigenvalue weighted by atomic mass is 16.7. The van der Waals surface area contributed by atoms with Crippen LogP contribution >= 0.6 is 0 Å². The van der Waals surface area contributed by atoms with Crippen molar-refractivity contribution in [1.82, 2.24) is 15.7 Å². The van der Waals surface area contributed by atoms with Gasteiger partial charge in [0, 0.05) is 10.9 Å². The summed E-state index contributed by atoms with van der Waals surface area (Å²) in [6.07, 6.45) is 1.68. The number of nitrogens with one attached hydrogen (secondary N) is 2. The van der Waals surface area contributed by atoms with Crippen LogP contribution in [0.25, 0.3) is 10.9 Å². The molecule has 1 amide bonds. The molecule has 1 aromatic heterocycles. The molecule has 0 saturated carbocycles. The number of aromatic amines is 1. The van der Waals surface area contributed by atoms with E-state index in [0.29, 0.717) is 5.56 Å². The first-order valence-corrected chi connectivity index (χ1v) is 5.37. The highest BCUT2D eigenvalue weighted by Crippen LogP contribution is 2.13. The lowest BCUT2D eigenvalue weighted by Crippen LogP contribution is -2.33. The number of carbonyl (C=O) groups is 1. The number of hydroxylamine groups is 1. The van der Waals surface area contributed by atoms with E-state index >= 15 is 0 Å². The third kappa shape index (κ3) is 2.82. The third-order valence-corrected chi connectivity index (χ3v) is 2.15. The second-order valence-electron chi connectivity index (χ2n) is 4.82. The maximum atomic E-state index is 11.8. The Morgan fingerprint density at radius 3 is 2.88 bits per heavy atom. The topological polar surface area (TPSA) is 67.0 Å². The molecule has 0 atom stereocenters. The summed E-state index contributed by atoms with van der Waals surface area (Å²) in [5, 5.41) is 7.62. The van der Waals surface area contributed by atoms with Gasteiger partial charge in [0.1, 0.15) is 0 Å². The lowest BCUT2D eigenvalue weighted by Gasteiger charge is -2.18. The van der Waals surface area contributed by atoms with Gasteiger partial charge in [-0.05, 0) is 39.0 Å². The van der Waals surface area contributed by atoms with Crippen molar-refractivity contribution in [1.29, 1.82) is 0 Å². The number of amides is 1. The summed E-state index contributed by atoms with van der Waals surface area (Å²) in [7, 11) is 0. The summed E-state index contributed by atoms with van der Waals surface area (Å²) >= 11 is 0. The van der Waals surface area contributed by atoms with Gasteiger partial charge in [-0.15, -0.1) is 0 Å². The monoisotopic (exact) mass is 233 g/mol. The SMILES string of the molecule is CC(C)(C)ONC(=O)c1ccc2[nH]ncc2c1. The van der Waals surface area contributed by atoms with Crippen LogP contribution in [0.2, 0.25) is 0 Å². The van der Waals surface area contributed by atoms with Crippen molar-refractivity contribution >= 4 is 16.8 Å². The molecule has 0 bridgehead atoms. The van der Waals surface area contributed by atoms with E-state index < -0.39 is 5.60 Å². The van der Waals surface area contributed by atoms with Crippen molar-refractivity contribution < 1.29 is 9.63 Å². The Balaban J connectivity index is 2.13. The zero-order valence-electron chi connectivity index (χ0n) is 10.1. The molecule has 0 aliphatic rings. The Labute approximate surface area is 99.1 Å². The van der Waals surface area contributed by atoms with Gasteiger partial charge < -0.3 is 0 Å². The van der Waals surface area contributed by atoms with Crippen LogP contribution in [0.1, 0.15) is 31.1 Å². The molecule has 2 N–H and O–H groups in total. The summed E-state index contributed by atoms with van der Waals surface area (Å²) in [5.41, 5.74) is 3.46. The van der Waals surface area contributed by atoms with E-state index in [9.17, 15) is 4.79 Å². The second-order valence-corrected chi connectivity index (χ2v) is 4.82. The van der Waals surface area contributed by atoms with Crippen molar-refractivity contribution in [3.05, 3.63) is 30.0 Å². The minimum absolute atomic E-state index is 0.261. The van der Waals surface area contributed by atoms with Crippen LogP contribution in [0.5, 0.6) is 0 Å². The number of hydrogen-bond acceptors (Lipinski definition) is 3. The van der Waals surface area contributed by atoms with Crippen LogP contribution in [0, 0.1) is 0 Å². The van der Waals surface area contributed by atoms with Crippen LogP contribution < -0.4 is 5.48 Å². The van der Waals surface area contributed by atoms with Crippen molar-refractivity contribution in [2.45, 2.75) is 26.4 Å². The zero-order chi connectivity index (χ0) is 12.5. The number of aromatic nitrogens is 2. The van der Waals surface area contributed by atoms with Gasteiger partial charge in [0.25, 0.3) is 5.91 Å². The Morgan fingerprint density at radius 2 is 2.18 bits per heavy atom. The summed E-state index contributed by atoms with van der Waals surface area (Å²) in [4.78, 5) is 17.0. The van der Waals surface area contributed by atoms with E-state index in [2.05, 4.69) is 15.7 Å². The maximum absolute atomic E-state index is 11.8. The predicted molar refractivity (Wildman–Crippen MR) is 64.4 cm³/mol. The largest absolute Gasteiger partial charge is 0.278 e. The average Bonchev–Trinajstić information content (AvgIpc) is 2.71. The maximum Gasteiger partial charge on any atom is 0.274 e. The van der Waals surface area contributed by atoms with E-state index in [1.54, 1.807) is 18.3 Å². The third-order valence-electron chi connectivity index (χ3n) is 2.15. The Bertz CT molecular complexity index is 540. The summed E-state index contributed by atoms with van der Waals surface area (Å²) in [5.74, 6) is -0.261. The number of fused-ring (bicyclic) bond motifs is 1. The Hall–Kier alpha value is -1.88. The van der Waals surface area contributed by atoms with Gasteiger partial charge >= 0.3 is 0 Å². The van der Waals surface area contributed by atoms with Gasteiger partial charge in [-0.25, -0.2) is 5.48 Å². The predicted octanol–water partition coefficient (Wildman–Crippen LogP) is 2.02. The highest BCUT2D eigenvalue weighted by Gasteiger charge is 2.14. The van der Waals surface area contributed by atoms with Gasteiger partial charge in [0.15, 0.2) is 0 Å². The number of carbonyl (C=O) groups excluding carboxylic acids is 1. The number of H-pyrrole nitrogens is 1. The fourth-order valence-electron chi connectivity index (χ4n) is 1.34. The zero-order valence-corrected chi connectivity index (χ0v) is 10.1. The normalized spacial score (nSPS) is 11.7. The molecule has 2 rings (SSSR count). The molecule has 1 heterocycles. The molecule has 17 heavy (non-hydrogen) atoms. The minimum atomic E-state index is -0.407. The molecular formula is C12H15N3O2. The minimum Gasteiger partial charge on any atom is -0.278 e. The molecule has 2 aromatic rings. The van der Waals surface area contributed by atoms with E-state index in [0.717, 1.165) is 10.9 Å². The standard InChI is InChI=1S/C12H15N3O2/c1-12(2,3)17-15-11(16)8-4-5-10-9(6-8)7-13-14-10/h4-7H,1-3H3,(H,13,14)(H,15,16). The van der Waals surface area contributed by atoms with Crippen LogP contribution in [0.15, 0.2) is 24.4 Å². The quantitative estimate of drug-likeness (QED) is 0.780. The lowest BCUT2D eigenvalue weighted by molar-refractivity contribution is -0.0589. The lowest BCUT2D eigenvalue weighted by atomic mass is 10.1. The fourth-order valence-corrected chi connectivity index (χ4v) is 1.34. The van der Waals surface area contributed by atoms with Crippen molar-refractivity contribution in [3.63, 3.8) is 0 Å². The van der Waals surface area contributed by atoms with Gasteiger partial charge in [-0.3, -0.25) is 14.7 Å². The first-order valence-electron chi connectivity index (χ1n) is 5.37. The van der Waals surface area contributed by atoms with Crippen LogP contribution in [-0.2, 0) is 4.84 Å². The van der Waals surface area contributed by atoms with Crippen molar-refractivity contribution in [2.24, 2.45) is 0 Å². The molecule has 5 nitrogen and oxygen atoms in total. The van der Waals surface area contributed by atoms with E-state index in [-0.39, 0.29) is 5.91 Å². The highest BCUT2D eigenvalue weighted by molar-refractivity contribution is 5.97. The van der Waals surface area contributed by atoms with E-state index in [1.165, 1.54) is 0 Å².